The molecule has 1 radical (unpaired) electrons. The number of carbonyl (C=O) groups excluding carboxylic acids is 4. The Labute approximate surface area is 181 Å². The van der Waals surface area contributed by atoms with Gasteiger partial charge in [-0.25, -0.2) is 0 Å². The fourth-order valence-corrected chi connectivity index (χ4v) is 7.72. The van der Waals surface area contributed by atoms with Crippen molar-refractivity contribution >= 4 is 54.9 Å². The molecule has 3 rings (SSSR count). The quantitative estimate of drug-likeness (QED) is 0.318. The molecule has 0 saturated carbocycles. The monoisotopic (exact) mass is 479 g/mol. The van der Waals surface area contributed by atoms with Gasteiger partial charge in [-0.3, -0.25) is 27.2 Å². The van der Waals surface area contributed by atoms with E-state index in [-0.39, 0.29) is 17.1 Å². The van der Waals surface area contributed by atoms with E-state index < -0.39 is 14.7 Å². The van der Waals surface area contributed by atoms with Crippen molar-refractivity contribution in [1.82, 2.24) is 0 Å². The van der Waals surface area contributed by atoms with Gasteiger partial charge in [0.15, 0.2) is 0 Å². The van der Waals surface area contributed by atoms with Crippen LogP contribution in [0.4, 0.5) is 0 Å². The standard InChI is InChI=1S/C18H16As.4CHO.Fe/c1-4-10-16(11-5-1)19(17-12-6-2-7-13-17)18-14-8-3-9-15-18;4*1-2;/h1-15,19H;4*1H;/q;4*-1;+4. The molecular weight excluding hydrogens is 459 g/mol. The van der Waals surface area contributed by atoms with E-state index in [9.17, 15) is 0 Å². The van der Waals surface area contributed by atoms with Gasteiger partial charge in [-0.15, -0.1) is 0 Å². The van der Waals surface area contributed by atoms with Crippen LogP contribution in [0.3, 0.4) is 0 Å². The fourth-order valence-electron chi connectivity index (χ4n) is 2.31. The van der Waals surface area contributed by atoms with Gasteiger partial charge in [-0.1, -0.05) is 0 Å². The summed E-state index contributed by atoms with van der Waals surface area (Å²) in [5.74, 6) is 0. The Bertz CT molecular complexity index is 598. The molecule has 0 spiro atoms. The summed E-state index contributed by atoms with van der Waals surface area (Å²) in [6.07, 6.45) is 0. The van der Waals surface area contributed by atoms with Crippen molar-refractivity contribution in [3.63, 3.8) is 0 Å². The van der Waals surface area contributed by atoms with Gasteiger partial charge in [-0.2, -0.15) is 0 Å². The molecule has 0 aliphatic carbocycles. The van der Waals surface area contributed by atoms with Crippen molar-refractivity contribution in [1.29, 1.82) is 0 Å². The maximum absolute atomic E-state index is 7.75. The second-order valence-electron chi connectivity index (χ2n) is 4.47. The number of hydrogen-bond acceptors (Lipinski definition) is 4. The van der Waals surface area contributed by atoms with Gasteiger partial charge in [0.1, 0.15) is 0 Å². The summed E-state index contributed by atoms with van der Waals surface area (Å²) in [5.41, 5.74) is 0. The zero-order valence-corrected chi connectivity index (χ0v) is 18.2. The van der Waals surface area contributed by atoms with Crippen LogP contribution in [-0.2, 0) is 36.2 Å². The second kappa shape index (κ2) is 22.5. The molecule has 145 valence electrons. The van der Waals surface area contributed by atoms with Gasteiger partial charge in [-0.05, 0) is 0 Å². The molecule has 0 fully saturated rings. The van der Waals surface area contributed by atoms with E-state index in [1.807, 2.05) is 0 Å². The Morgan fingerprint density at radius 1 is 0.393 bits per heavy atom. The summed E-state index contributed by atoms with van der Waals surface area (Å²) >= 11 is -1.63. The SMILES string of the molecule is [CH-]=O.[CH-]=O.[CH-]=O.[CH-]=O.[Fe+4].c1ccc([AsH](c2ccccc2)c2ccccc2)cc1. The Morgan fingerprint density at radius 2 is 0.571 bits per heavy atom. The molecule has 3 aromatic rings. The molecule has 0 amide bonds. The van der Waals surface area contributed by atoms with Gasteiger partial charge in [0, 0.05) is 0 Å². The van der Waals surface area contributed by atoms with E-state index in [0.29, 0.717) is 0 Å². The molecule has 3 aromatic carbocycles. The van der Waals surface area contributed by atoms with Gasteiger partial charge < -0.3 is 19.2 Å². The van der Waals surface area contributed by atoms with Crippen LogP contribution < -0.4 is 13.1 Å². The molecule has 0 aromatic heterocycles. The van der Waals surface area contributed by atoms with Crippen molar-refractivity contribution in [2.24, 2.45) is 0 Å². The summed E-state index contributed by atoms with van der Waals surface area (Å²) < 4.78 is 4.50. The van der Waals surface area contributed by atoms with Crippen LogP contribution in [-0.4, -0.2) is 41.8 Å². The molecule has 0 aliphatic rings. The van der Waals surface area contributed by atoms with Crippen LogP contribution in [0, 0.1) is 0 Å². The zero-order chi connectivity index (χ0) is 20.9. The molecule has 0 atom stereocenters. The molecule has 0 bridgehead atoms. The summed E-state index contributed by atoms with van der Waals surface area (Å²) in [5, 5.41) is 0. The van der Waals surface area contributed by atoms with E-state index in [2.05, 4.69) is 118 Å². The van der Waals surface area contributed by atoms with Crippen LogP contribution in [0.2, 0.25) is 0 Å². The number of hydrogen-bond donors (Lipinski definition) is 0. The summed E-state index contributed by atoms with van der Waals surface area (Å²) in [6.45, 7) is 13.0. The van der Waals surface area contributed by atoms with E-state index >= 15 is 0 Å². The van der Waals surface area contributed by atoms with Crippen LogP contribution in [0.15, 0.2) is 91.0 Å². The molecule has 0 unspecified atom stereocenters. The number of benzene rings is 3. The average Bonchev–Trinajstić information content (AvgIpc) is 2.82. The van der Waals surface area contributed by atoms with Gasteiger partial charge in [0.25, 0.3) is 0 Å². The molecule has 0 aliphatic heterocycles. The first-order valence-corrected chi connectivity index (χ1v) is 10.6. The second-order valence-corrected chi connectivity index (χ2v) is 9.68. The van der Waals surface area contributed by atoms with Gasteiger partial charge >= 0.3 is 136 Å². The minimum absolute atomic E-state index is 0. The predicted molar refractivity (Wildman–Crippen MR) is 112 cm³/mol. The van der Waals surface area contributed by atoms with Crippen molar-refractivity contribution in [3.05, 3.63) is 91.0 Å². The zero-order valence-electron chi connectivity index (χ0n) is 15.0. The van der Waals surface area contributed by atoms with Crippen molar-refractivity contribution < 1.29 is 36.2 Å². The molecular formula is C22H20AsFeO4. The third kappa shape index (κ3) is 10.5. The van der Waals surface area contributed by atoms with Crippen LogP contribution in [0.1, 0.15) is 0 Å². The minimum atomic E-state index is -1.63. The fraction of sp³-hybridized carbons (Fsp3) is 0. The first-order valence-electron chi connectivity index (χ1n) is 7.42. The molecule has 4 nitrogen and oxygen atoms in total. The Morgan fingerprint density at radius 3 is 0.750 bits per heavy atom. The van der Waals surface area contributed by atoms with E-state index in [1.165, 1.54) is 13.1 Å². The molecule has 0 heterocycles. The van der Waals surface area contributed by atoms with Crippen LogP contribution >= 0.6 is 0 Å². The Balaban J connectivity index is -0.000000622. The van der Waals surface area contributed by atoms with E-state index in [1.54, 1.807) is 0 Å². The summed E-state index contributed by atoms with van der Waals surface area (Å²) in [4.78, 5) is 31.0. The third-order valence-electron chi connectivity index (χ3n) is 3.19. The van der Waals surface area contributed by atoms with Crippen LogP contribution in [0.5, 0.6) is 0 Å². The van der Waals surface area contributed by atoms with E-state index in [4.69, 9.17) is 19.2 Å². The summed E-state index contributed by atoms with van der Waals surface area (Å²) in [7, 11) is 0. The van der Waals surface area contributed by atoms with Crippen molar-refractivity contribution in [2.45, 2.75) is 0 Å². The average molecular weight is 479 g/mol. The van der Waals surface area contributed by atoms with Crippen molar-refractivity contribution in [3.8, 4) is 0 Å². The summed E-state index contributed by atoms with van der Waals surface area (Å²) in [6, 6.07) is 32.8. The number of rotatable bonds is 3. The van der Waals surface area contributed by atoms with Gasteiger partial charge in [0.05, 0.1) is 0 Å². The Hall–Kier alpha value is -2.58. The first kappa shape index (κ1) is 30.2. The van der Waals surface area contributed by atoms with Crippen LogP contribution in [0.25, 0.3) is 0 Å². The van der Waals surface area contributed by atoms with Gasteiger partial charge in [0.2, 0.25) is 0 Å². The molecule has 0 saturated heterocycles. The normalized spacial score (nSPS) is 7.75. The molecule has 0 N–H and O–H groups in total. The van der Waals surface area contributed by atoms with E-state index in [0.717, 1.165) is 0 Å². The molecule has 28 heavy (non-hydrogen) atoms. The molecule has 6 heteroatoms. The van der Waals surface area contributed by atoms with Crippen molar-refractivity contribution in [2.75, 3.05) is 0 Å². The topological polar surface area (TPSA) is 68.3 Å². The first-order chi connectivity index (χ1) is 13.4. The third-order valence-corrected chi connectivity index (χ3v) is 8.92. The Kier molecular flexibility index (Phi) is 24.2. The predicted octanol–water partition coefficient (Wildman–Crippen LogP) is 0.836. The maximum atomic E-state index is 7.75.